The largest absolute Gasteiger partial charge is 0.303 e. The maximum Gasteiger partial charge on any atom is 0.303 e. The molecule has 0 aromatic rings. The van der Waals surface area contributed by atoms with E-state index >= 15 is 0 Å². The first-order chi connectivity index (χ1) is 7.25. The molecular formula is C10H15N3O2. The van der Waals surface area contributed by atoms with Crippen molar-refractivity contribution in [1.82, 2.24) is 10.2 Å². The zero-order valence-electron chi connectivity index (χ0n) is 8.61. The van der Waals surface area contributed by atoms with Gasteiger partial charge in [0.05, 0.1) is 0 Å². The second kappa shape index (κ2) is 3.09. The molecule has 4 fully saturated rings. The summed E-state index contributed by atoms with van der Waals surface area (Å²) in [6.07, 6.45) is 3.36. The molecule has 0 aromatic carbocycles. The molecule has 1 amide bonds. The van der Waals surface area contributed by atoms with Gasteiger partial charge in [-0.15, -0.1) is 4.91 Å². The van der Waals surface area contributed by atoms with Crippen LogP contribution in [0.4, 0.5) is 0 Å². The van der Waals surface area contributed by atoms with Gasteiger partial charge in [-0.3, -0.25) is 9.69 Å². The number of amides is 1. The number of carbonyl (C=O) groups is 1. The Balaban J connectivity index is 1.80. The van der Waals surface area contributed by atoms with Crippen molar-refractivity contribution < 1.29 is 4.79 Å². The van der Waals surface area contributed by atoms with E-state index in [2.05, 4.69) is 15.4 Å². The average Bonchev–Trinajstić information content (AvgIpc) is 2.59. The molecule has 1 aliphatic heterocycles. The van der Waals surface area contributed by atoms with Crippen molar-refractivity contribution in [3.05, 3.63) is 4.91 Å². The summed E-state index contributed by atoms with van der Waals surface area (Å²) >= 11 is 0. The first-order valence-corrected chi connectivity index (χ1v) is 5.57. The summed E-state index contributed by atoms with van der Waals surface area (Å²) in [5.41, 5.74) is 0.113. The van der Waals surface area contributed by atoms with Crippen LogP contribution in [0.25, 0.3) is 0 Å². The summed E-state index contributed by atoms with van der Waals surface area (Å²) in [7, 11) is 0. The van der Waals surface area contributed by atoms with E-state index in [1.807, 2.05) is 0 Å². The molecular weight excluding hydrogens is 194 g/mol. The number of hydrogen-bond acceptors (Lipinski definition) is 4. The molecule has 5 heteroatoms. The minimum Gasteiger partial charge on any atom is -0.303 e. The Labute approximate surface area is 88.2 Å². The molecule has 0 aromatic heterocycles. The predicted molar refractivity (Wildman–Crippen MR) is 53.9 cm³/mol. The lowest BCUT2D eigenvalue weighted by Gasteiger charge is -2.65. The van der Waals surface area contributed by atoms with Gasteiger partial charge in [0.1, 0.15) is 6.04 Å². The Kier molecular flexibility index (Phi) is 1.94. The Morgan fingerprint density at radius 3 is 2.60 bits per heavy atom. The van der Waals surface area contributed by atoms with Gasteiger partial charge in [0, 0.05) is 24.9 Å². The van der Waals surface area contributed by atoms with Gasteiger partial charge in [0.2, 0.25) is 0 Å². The summed E-state index contributed by atoms with van der Waals surface area (Å²) in [4.78, 5) is 24.2. The molecule has 5 nitrogen and oxygen atoms in total. The lowest BCUT2D eigenvalue weighted by atomic mass is 9.41. The molecule has 1 atom stereocenters. The third-order valence-electron chi connectivity index (χ3n) is 4.25. The summed E-state index contributed by atoms with van der Waals surface area (Å²) in [5, 5.41) is 5.85. The number of hydrogen-bond donors (Lipinski definition) is 1. The maximum atomic E-state index is 11.6. The van der Waals surface area contributed by atoms with Crippen LogP contribution in [0.15, 0.2) is 5.18 Å². The van der Waals surface area contributed by atoms with Crippen molar-refractivity contribution in [1.29, 1.82) is 0 Å². The van der Waals surface area contributed by atoms with Crippen molar-refractivity contribution in [2.45, 2.75) is 25.3 Å². The monoisotopic (exact) mass is 209 g/mol. The van der Waals surface area contributed by atoms with Crippen LogP contribution in [-0.2, 0) is 4.79 Å². The molecule has 4 rings (SSSR count). The molecule has 0 spiro atoms. The molecule has 1 N–H and O–H groups in total. The highest BCUT2D eigenvalue weighted by atomic mass is 16.3. The Morgan fingerprint density at radius 1 is 1.47 bits per heavy atom. The molecule has 82 valence electrons. The second-order valence-corrected chi connectivity index (χ2v) is 5.14. The van der Waals surface area contributed by atoms with Crippen molar-refractivity contribution in [3.63, 3.8) is 0 Å². The molecule has 4 aliphatic rings. The number of nitrogens with zero attached hydrogens (tertiary/aromatic N) is 2. The van der Waals surface area contributed by atoms with Crippen LogP contribution < -0.4 is 5.32 Å². The fraction of sp³-hybridized carbons (Fsp3) is 0.900. The van der Waals surface area contributed by atoms with Crippen molar-refractivity contribution in [2.75, 3.05) is 19.8 Å². The van der Waals surface area contributed by atoms with Gasteiger partial charge in [-0.05, 0) is 30.6 Å². The van der Waals surface area contributed by atoms with E-state index < -0.39 is 5.91 Å². The Bertz CT molecular complexity index is 295. The van der Waals surface area contributed by atoms with Crippen LogP contribution in [0.1, 0.15) is 19.3 Å². The predicted octanol–water partition coefficient (Wildman–Crippen LogP) is 0.311. The molecule has 1 unspecified atom stereocenters. The van der Waals surface area contributed by atoms with E-state index in [9.17, 15) is 9.70 Å². The van der Waals surface area contributed by atoms with Crippen LogP contribution in [0, 0.1) is 16.2 Å². The zero-order valence-corrected chi connectivity index (χ0v) is 8.61. The zero-order chi connectivity index (χ0) is 10.5. The Morgan fingerprint density at radius 2 is 2.20 bits per heavy atom. The molecule has 3 saturated carbocycles. The minimum absolute atomic E-state index is 0.113. The van der Waals surface area contributed by atoms with Crippen molar-refractivity contribution >= 4 is 5.91 Å². The van der Waals surface area contributed by atoms with Crippen LogP contribution in [0.2, 0.25) is 0 Å². The van der Waals surface area contributed by atoms with E-state index in [1.54, 1.807) is 0 Å². The van der Waals surface area contributed by atoms with Gasteiger partial charge in [-0.25, -0.2) is 0 Å². The lowest BCUT2D eigenvalue weighted by molar-refractivity contribution is -0.171. The summed E-state index contributed by atoms with van der Waals surface area (Å²) < 4.78 is 0. The van der Waals surface area contributed by atoms with Crippen LogP contribution in [0.5, 0.6) is 0 Å². The fourth-order valence-corrected chi connectivity index (χ4v) is 3.48. The van der Waals surface area contributed by atoms with Gasteiger partial charge in [-0.1, -0.05) is 0 Å². The molecule has 1 heterocycles. The molecule has 0 radical (unpaired) electrons. The van der Waals surface area contributed by atoms with Gasteiger partial charge in [0.15, 0.2) is 0 Å². The number of nitrogens with one attached hydrogen (secondary N) is 1. The minimum atomic E-state index is -0.461. The number of carbonyl (C=O) groups excluding carboxylic acids is 1. The van der Waals surface area contributed by atoms with Crippen LogP contribution in [-0.4, -0.2) is 36.6 Å². The van der Waals surface area contributed by atoms with Crippen LogP contribution in [0.3, 0.4) is 0 Å². The fourth-order valence-electron chi connectivity index (χ4n) is 3.48. The first kappa shape index (κ1) is 9.42. The van der Waals surface area contributed by atoms with Gasteiger partial charge in [0.25, 0.3) is 0 Å². The molecule has 1 saturated heterocycles. The highest BCUT2D eigenvalue weighted by Crippen LogP contribution is 2.67. The van der Waals surface area contributed by atoms with Gasteiger partial charge < -0.3 is 5.32 Å². The van der Waals surface area contributed by atoms with Gasteiger partial charge in [-0.2, -0.15) is 0 Å². The summed E-state index contributed by atoms with van der Waals surface area (Å²) in [6.45, 7) is 2.48. The van der Waals surface area contributed by atoms with Crippen molar-refractivity contribution in [2.24, 2.45) is 16.5 Å². The summed E-state index contributed by atoms with van der Waals surface area (Å²) in [5.74, 6) is 0.361. The van der Waals surface area contributed by atoms with E-state index in [4.69, 9.17) is 0 Å². The lowest BCUT2D eigenvalue weighted by Crippen LogP contribution is -2.65. The van der Waals surface area contributed by atoms with Crippen molar-refractivity contribution in [3.8, 4) is 0 Å². The maximum absolute atomic E-state index is 11.6. The quantitative estimate of drug-likeness (QED) is 0.679. The van der Waals surface area contributed by atoms with E-state index in [-0.39, 0.29) is 11.5 Å². The number of nitroso groups, excluding NO2 is 1. The SMILES string of the molecule is O=NC(=O)C(N1CCNC1)C12CC(C1)C2. The van der Waals surface area contributed by atoms with Gasteiger partial charge >= 0.3 is 5.91 Å². The number of rotatable bonds is 3. The van der Waals surface area contributed by atoms with E-state index in [0.717, 1.165) is 44.9 Å². The molecule has 2 bridgehead atoms. The Hall–Kier alpha value is -0.810. The second-order valence-electron chi connectivity index (χ2n) is 5.14. The summed E-state index contributed by atoms with van der Waals surface area (Å²) in [6, 6.07) is -0.241. The van der Waals surface area contributed by atoms with E-state index in [0.29, 0.717) is 0 Å². The topological polar surface area (TPSA) is 61.8 Å². The first-order valence-electron chi connectivity index (χ1n) is 5.57. The molecule has 3 aliphatic carbocycles. The highest BCUT2D eigenvalue weighted by Gasteiger charge is 2.64. The highest BCUT2D eigenvalue weighted by molar-refractivity contribution is 5.84. The van der Waals surface area contributed by atoms with E-state index in [1.165, 1.54) is 0 Å². The third kappa shape index (κ3) is 1.19. The van der Waals surface area contributed by atoms with Crippen LogP contribution >= 0.6 is 0 Å². The molecule has 15 heavy (non-hydrogen) atoms. The average molecular weight is 209 g/mol. The standard InChI is InChI=1S/C10H15N3O2/c14-9(12-15)8(13-2-1-11-6-13)10-3-7(4-10)5-10/h7-8,11H,1-6H2. The normalized spacial score (nSPS) is 40.4. The smallest absolute Gasteiger partial charge is 0.303 e. The third-order valence-corrected chi connectivity index (χ3v) is 4.25.